The zero-order valence-corrected chi connectivity index (χ0v) is 5.84. The fourth-order valence-corrected chi connectivity index (χ4v) is 1.60. The van der Waals surface area contributed by atoms with Gasteiger partial charge in [0.1, 0.15) is 0 Å². The molecule has 0 aromatic heterocycles. The molecule has 0 aromatic rings. The van der Waals surface area contributed by atoms with E-state index in [9.17, 15) is 0 Å². The Morgan fingerprint density at radius 1 is 1.67 bits per heavy atom. The van der Waals surface area contributed by atoms with Crippen LogP contribution in [-0.4, -0.2) is 36.7 Å². The van der Waals surface area contributed by atoms with Gasteiger partial charge in [0.15, 0.2) is 0 Å². The lowest BCUT2D eigenvalue weighted by molar-refractivity contribution is 0.0335. The van der Waals surface area contributed by atoms with Crippen molar-refractivity contribution in [3.8, 4) is 0 Å². The first-order valence-corrected chi connectivity index (χ1v) is 3.77. The van der Waals surface area contributed by atoms with Gasteiger partial charge < -0.3 is 4.74 Å². The van der Waals surface area contributed by atoms with E-state index in [0.717, 1.165) is 19.2 Å². The van der Waals surface area contributed by atoms with Crippen LogP contribution in [0.25, 0.3) is 0 Å². The van der Waals surface area contributed by atoms with Crippen molar-refractivity contribution in [3.63, 3.8) is 0 Å². The molecule has 0 aromatic carbocycles. The van der Waals surface area contributed by atoms with Gasteiger partial charge in [0.25, 0.3) is 0 Å². The number of likely N-dealkylation sites (N-methyl/N-ethyl adjacent to an activating group) is 1. The molecule has 1 heterocycles. The summed E-state index contributed by atoms with van der Waals surface area (Å²) in [4.78, 5) is 2.51. The molecule has 0 spiro atoms. The number of rotatable bonds is 1. The van der Waals surface area contributed by atoms with Gasteiger partial charge in [-0.15, -0.1) is 0 Å². The van der Waals surface area contributed by atoms with E-state index in [1.54, 1.807) is 0 Å². The van der Waals surface area contributed by atoms with Crippen LogP contribution >= 0.6 is 0 Å². The van der Waals surface area contributed by atoms with Gasteiger partial charge >= 0.3 is 0 Å². The quantitative estimate of drug-likeness (QED) is 0.508. The first-order chi connectivity index (χ1) is 4.42. The van der Waals surface area contributed by atoms with Gasteiger partial charge in [-0.05, 0) is 13.0 Å². The molecule has 0 bridgehead atoms. The van der Waals surface area contributed by atoms with E-state index in [1.807, 2.05) is 0 Å². The van der Waals surface area contributed by atoms with E-state index in [1.165, 1.54) is 13.0 Å². The predicted molar refractivity (Wildman–Crippen MR) is 35.4 cm³/mol. The summed E-state index contributed by atoms with van der Waals surface area (Å²) in [5.41, 5.74) is 0. The fraction of sp³-hybridized carbons (Fsp3) is 1.00. The van der Waals surface area contributed by atoms with E-state index in [0.29, 0.717) is 6.10 Å². The molecule has 1 aliphatic heterocycles. The zero-order valence-electron chi connectivity index (χ0n) is 5.84. The topological polar surface area (TPSA) is 12.5 Å². The molecule has 9 heavy (non-hydrogen) atoms. The molecule has 0 N–H and O–H groups in total. The van der Waals surface area contributed by atoms with Crippen LogP contribution in [0.2, 0.25) is 0 Å². The first kappa shape index (κ1) is 5.69. The lowest BCUT2D eigenvalue weighted by Crippen LogP contribution is -2.36. The van der Waals surface area contributed by atoms with Gasteiger partial charge in [-0.1, -0.05) is 6.92 Å². The van der Waals surface area contributed by atoms with E-state index in [4.69, 9.17) is 4.74 Å². The van der Waals surface area contributed by atoms with Gasteiger partial charge in [0.2, 0.25) is 0 Å². The molecule has 2 fully saturated rings. The maximum atomic E-state index is 5.44. The predicted octanol–water partition coefficient (Wildman–Crippen LogP) is 0.479. The Labute approximate surface area is 55.8 Å². The Morgan fingerprint density at radius 2 is 2.56 bits per heavy atom. The van der Waals surface area contributed by atoms with Crippen molar-refractivity contribution in [1.29, 1.82) is 0 Å². The third kappa shape index (κ3) is 0.864. The van der Waals surface area contributed by atoms with Gasteiger partial charge in [0.05, 0.1) is 12.7 Å². The fourth-order valence-electron chi connectivity index (χ4n) is 1.60. The molecule has 0 radical (unpaired) electrons. The number of hydrogen-bond acceptors (Lipinski definition) is 2. The average molecular weight is 127 g/mol. The summed E-state index contributed by atoms with van der Waals surface area (Å²) < 4.78 is 5.44. The largest absolute Gasteiger partial charge is 0.375 e. The maximum Gasteiger partial charge on any atom is 0.0747 e. The SMILES string of the molecule is CCN1CCOC2CC21. The van der Waals surface area contributed by atoms with Gasteiger partial charge in [0, 0.05) is 12.6 Å². The van der Waals surface area contributed by atoms with Crippen molar-refractivity contribution in [3.05, 3.63) is 0 Å². The minimum Gasteiger partial charge on any atom is -0.375 e. The van der Waals surface area contributed by atoms with E-state index < -0.39 is 0 Å². The highest BCUT2D eigenvalue weighted by atomic mass is 16.5. The Morgan fingerprint density at radius 3 is 3.22 bits per heavy atom. The van der Waals surface area contributed by atoms with E-state index >= 15 is 0 Å². The third-order valence-electron chi connectivity index (χ3n) is 2.29. The molecule has 1 saturated carbocycles. The van der Waals surface area contributed by atoms with Crippen molar-refractivity contribution in [2.75, 3.05) is 19.7 Å². The molecule has 0 amide bonds. The number of nitrogens with zero attached hydrogens (tertiary/aromatic N) is 1. The second kappa shape index (κ2) is 1.96. The molecule has 2 rings (SSSR count). The van der Waals surface area contributed by atoms with Crippen molar-refractivity contribution in [1.82, 2.24) is 4.90 Å². The lowest BCUT2D eigenvalue weighted by atomic mass is 10.4. The van der Waals surface area contributed by atoms with Crippen LogP contribution < -0.4 is 0 Å². The molecule has 1 aliphatic carbocycles. The molecule has 1 saturated heterocycles. The molecular weight excluding hydrogens is 114 g/mol. The minimum atomic E-state index is 0.610. The molecule has 2 unspecified atom stereocenters. The number of ether oxygens (including phenoxy) is 1. The van der Waals surface area contributed by atoms with Gasteiger partial charge in [-0.3, -0.25) is 4.90 Å². The highest BCUT2D eigenvalue weighted by Gasteiger charge is 2.44. The number of fused-ring (bicyclic) bond motifs is 1. The third-order valence-corrected chi connectivity index (χ3v) is 2.29. The van der Waals surface area contributed by atoms with Crippen LogP contribution in [0, 0.1) is 0 Å². The van der Waals surface area contributed by atoms with Crippen molar-refractivity contribution >= 4 is 0 Å². The number of hydrogen-bond donors (Lipinski definition) is 0. The van der Waals surface area contributed by atoms with Crippen LogP contribution in [-0.2, 0) is 4.74 Å². The molecule has 2 heteroatoms. The highest BCUT2D eigenvalue weighted by molar-refractivity contribution is 4.98. The summed E-state index contributed by atoms with van der Waals surface area (Å²) >= 11 is 0. The van der Waals surface area contributed by atoms with Crippen LogP contribution in [0.5, 0.6) is 0 Å². The summed E-state index contributed by atoms with van der Waals surface area (Å²) in [6.07, 6.45) is 1.90. The molecular formula is C7H13NO. The van der Waals surface area contributed by atoms with Crippen molar-refractivity contribution in [2.45, 2.75) is 25.5 Å². The standard InChI is InChI=1S/C7H13NO/c1-2-8-3-4-9-7-5-6(7)8/h6-7H,2-5H2,1H3. The highest BCUT2D eigenvalue weighted by Crippen LogP contribution is 2.33. The zero-order chi connectivity index (χ0) is 6.27. The summed E-state index contributed by atoms with van der Waals surface area (Å²) in [6, 6.07) is 0.795. The normalized spacial score (nSPS) is 42.3. The molecule has 52 valence electrons. The number of morpholine rings is 1. The minimum absolute atomic E-state index is 0.610. The maximum absolute atomic E-state index is 5.44. The van der Waals surface area contributed by atoms with Crippen LogP contribution in [0.3, 0.4) is 0 Å². The Kier molecular flexibility index (Phi) is 1.24. The second-order valence-corrected chi connectivity index (χ2v) is 2.84. The first-order valence-electron chi connectivity index (χ1n) is 3.77. The second-order valence-electron chi connectivity index (χ2n) is 2.84. The summed E-state index contributed by atoms with van der Waals surface area (Å²) in [7, 11) is 0. The van der Waals surface area contributed by atoms with Crippen molar-refractivity contribution in [2.24, 2.45) is 0 Å². The summed E-state index contributed by atoms with van der Waals surface area (Å²) in [5.74, 6) is 0. The molecule has 2 aliphatic rings. The smallest absolute Gasteiger partial charge is 0.0747 e. The van der Waals surface area contributed by atoms with E-state index in [2.05, 4.69) is 11.8 Å². The summed E-state index contributed by atoms with van der Waals surface area (Å²) in [5, 5.41) is 0. The van der Waals surface area contributed by atoms with Crippen LogP contribution in [0.15, 0.2) is 0 Å². The summed E-state index contributed by atoms with van der Waals surface area (Å²) in [6.45, 7) is 5.53. The van der Waals surface area contributed by atoms with Gasteiger partial charge in [-0.25, -0.2) is 0 Å². The van der Waals surface area contributed by atoms with Crippen molar-refractivity contribution < 1.29 is 4.74 Å². The average Bonchev–Trinajstić information content (AvgIpc) is 2.64. The Bertz CT molecular complexity index is 115. The van der Waals surface area contributed by atoms with Crippen LogP contribution in [0.4, 0.5) is 0 Å². The van der Waals surface area contributed by atoms with Crippen LogP contribution in [0.1, 0.15) is 13.3 Å². The monoisotopic (exact) mass is 127 g/mol. The Hall–Kier alpha value is -0.0800. The Balaban J connectivity index is 1.93. The lowest BCUT2D eigenvalue weighted by Gasteiger charge is -2.24. The molecule has 2 atom stereocenters. The van der Waals surface area contributed by atoms with Gasteiger partial charge in [-0.2, -0.15) is 0 Å². The molecule has 2 nitrogen and oxygen atoms in total. The van der Waals surface area contributed by atoms with E-state index in [-0.39, 0.29) is 0 Å².